The number of carbonyl (C=O) groups is 1. The molecule has 0 unspecified atom stereocenters. The normalized spacial score (nSPS) is 17.9. The zero-order chi connectivity index (χ0) is 11.1. The Bertz CT molecular complexity index is 410. The first kappa shape index (κ1) is 10.0. The summed E-state index contributed by atoms with van der Waals surface area (Å²) in [5.41, 5.74) is 1.95. The van der Waals surface area contributed by atoms with Crippen molar-refractivity contribution in [3.63, 3.8) is 0 Å². The van der Waals surface area contributed by atoms with Gasteiger partial charge in [-0.15, -0.1) is 0 Å². The topological polar surface area (TPSA) is 38.3 Å². The molecule has 0 aliphatic carbocycles. The van der Waals surface area contributed by atoms with E-state index in [1.54, 1.807) is 7.11 Å². The van der Waals surface area contributed by atoms with Crippen LogP contribution in [0.2, 0.25) is 0 Å². The van der Waals surface area contributed by atoms with E-state index < -0.39 is 0 Å². The largest absolute Gasteiger partial charge is 0.497 e. The Kier molecular flexibility index (Phi) is 2.18. The Morgan fingerprint density at radius 2 is 2.13 bits per heavy atom. The van der Waals surface area contributed by atoms with Crippen molar-refractivity contribution in [3.8, 4) is 5.75 Å². The van der Waals surface area contributed by atoms with Gasteiger partial charge in [-0.25, -0.2) is 0 Å². The molecule has 0 saturated heterocycles. The van der Waals surface area contributed by atoms with Crippen molar-refractivity contribution in [2.24, 2.45) is 0 Å². The van der Waals surface area contributed by atoms with Crippen LogP contribution in [-0.2, 0) is 16.8 Å². The van der Waals surface area contributed by atoms with Gasteiger partial charge in [0.2, 0.25) is 5.91 Å². The fourth-order valence-electron chi connectivity index (χ4n) is 2.09. The highest BCUT2D eigenvalue weighted by Crippen LogP contribution is 2.30. The van der Waals surface area contributed by atoms with Gasteiger partial charge in [0, 0.05) is 0 Å². The molecule has 1 amide bonds. The van der Waals surface area contributed by atoms with Gasteiger partial charge in [0.15, 0.2) is 0 Å². The molecule has 0 radical (unpaired) electrons. The molecule has 1 aliphatic rings. The second-order valence-electron chi connectivity index (χ2n) is 4.37. The van der Waals surface area contributed by atoms with E-state index in [1.165, 1.54) is 5.56 Å². The van der Waals surface area contributed by atoms with E-state index >= 15 is 0 Å². The van der Waals surface area contributed by atoms with Gasteiger partial charge in [-0.1, -0.05) is 6.07 Å². The molecule has 0 fully saturated rings. The van der Waals surface area contributed by atoms with Gasteiger partial charge in [-0.2, -0.15) is 0 Å². The Labute approximate surface area is 89.4 Å². The van der Waals surface area contributed by atoms with Crippen molar-refractivity contribution >= 4 is 5.91 Å². The maximum Gasteiger partial charge on any atom is 0.225 e. The number of nitrogens with one attached hydrogen (secondary N) is 1. The van der Waals surface area contributed by atoms with Crippen molar-refractivity contribution in [2.75, 3.05) is 7.11 Å². The predicted octanol–water partition coefficient (Wildman–Crippen LogP) is 1.60. The number of methoxy groups -OCH3 is 1. The molecule has 1 aromatic rings. The van der Waals surface area contributed by atoms with Gasteiger partial charge in [0.1, 0.15) is 5.75 Å². The van der Waals surface area contributed by atoms with Crippen LogP contribution in [0.3, 0.4) is 0 Å². The van der Waals surface area contributed by atoms with E-state index in [0.717, 1.165) is 11.3 Å². The summed E-state index contributed by atoms with van der Waals surface area (Å²) in [5.74, 6) is 0.875. The molecule has 1 N–H and O–H groups in total. The summed E-state index contributed by atoms with van der Waals surface area (Å²) < 4.78 is 5.15. The number of hydrogen-bond acceptors (Lipinski definition) is 2. The maximum absolute atomic E-state index is 11.5. The van der Waals surface area contributed by atoms with Gasteiger partial charge < -0.3 is 10.1 Å². The highest BCUT2D eigenvalue weighted by molar-refractivity contribution is 5.82. The zero-order valence-corrected chi connectivity index (χ0v) is 9.26. The molecule has 0 atom stereocenters. The van der Waals surface area contributed by atoms with Gasteiger partial charge >= 0.3 is 0 Å². The summed E-state index contributed by atoms with van der Waals surface area (Å²) in [4.78, 5) is 11.5. The van der Waals surface area contributed by atoms with Crippen molar-refractivity contribution in [1.82, 2.24) is 5.32 Å². The van der Waals surface area contributed by atoms with Gasteiger partial charge in [0.05, 0.1) is 19.1 Å². The lowest BCUT2D eigenvalue weighted by molar-refractivity contribution is -0.122. The third kappa shape index (κ3) is 1.69. The quantitative estimate of drug-likeness (QED) is 0.756. The minimum atomic E-state index is -0.281. The first-order chi connectivity index (χ1) is 7.03. The molecule has 0 spiro atoms. The Hall–Kier alpha value is -1.51. The van der Waals surface area contributed by atoms with Crippen molar-refractivity contribution in [3.05, 3.63) is 29.3 Å². The van der Waals surface area contributed by atoms with Crippen LogP contribution in [0.5, 0.6) is 5.75 Å². The number of amides is 1. The monoisotopic (exact) mass is 205 g/mol. The van der Waals surface area contributed by atoms with E-state index in [-0.39, 0.29) is 11.4 Å². The molecule has 3 heteroatoms. The lowest BCUT2D eigenvalue weighted by Crippen LogP contribution is -2.46. The van der Waals surface area contributed by atoms with Gasteiger partial charge in [-0.3, -0.25) is 4.79 Å². The molecule has 0 aromatic heterocycles. The van der Waals surface area contributed by atoms with Crippen molar-refractivity contribution < 1.29 is 9.53 Å². The van der Waals surface area contributed by atoms with Crippen LogP contribution in [-0.4, -0.2) is 13.0 Å². The number of carbonyl (C=O) groups excluding carboxylic acids is 1. The van der Waals surface area contributed by atoms with E-state index in [1.807, 2.05) is 32.0 Å². The van der Waals surface area contributed by atoms with Gasteiger partial charge in [0.25, 0.3) is 0 Å². The number of benzene rings is 1. The van der Waals surface area contributed by atoms with Crippen molar-refractivity contribution in [1.29, 1.82) is 0 Å². The van der Waals surface area contributed by atoms with E-state index in [0.29, 0.717) is 6.42 Å². The third-order valence-corrected chi connectivity index (χ3v) is 2.79. The van der Waals surface area contributed by atoms with E-state index in [2.05, 4.69) is 5.32 Å². The summed E-state index contributed by atoms with van der Waals surface area (Å²) in [6.07, 6.45) is 0.440. The fourth-order valence-corrected chi connectivity index (χ4v) is 2.09. The number of ether oxygens (including phenoxy) is 1. The minimum absolute atomic E-state index is 0.0701. The standard InChI is InChI=1S/C12H15NO2/c1-12(2)10-5-4-9(15-3)6-8(10)7-11(14)13-12/h4-6H,7H2,1-3H3,(H,13,14). The predicted molar refractivity (Wildman–Crippen MR) is 57.9 cm³/mol. The second kappa shape index (κ2) is 3.26. The molecule has 0 saturated carbocycles. The van der Waals surface area contributed by atoms with Crippen LogP contribution in [0.1, 0.15) is 25.0 Å². The second-order valence-corrected chi connectivity index (χ2v) is 4.37. The van der Waals surface area contributed by atoms with E-state index in [9.17, 15) is 4.79 Å². The maximum atomic E-state index is 11.5. The third-order valence-electron chi connectivity index (χ3n) is 2.79. The molecule has 2 rings (SSSR count). The molecule has 0 bridgehead atoms. The minimum Gasteiger partial charge on any atom is -0.497 e. The SMILES string of the molecule is COc1ccc2c(c1)CC(=O)NC2(C)C. The molecule has 3 nitrogen and oxygen atoms in total. The van der Waals surface area contributed by atoms with Crippen LogP contribution < -0.4 is 10.1 Å². The summed E-state index contributed by atoms with van der Waals surface area (Å²) in [6, 6.07) is 5.89. The van der Waals surface area contributed by atoms with Crippen LogP contribution in [0.4, 0.5) is 0 Å². The first-order valence-corrected chi connectivity index (χ1v) is 5.01. The summed E-state index contributed by atoms with van der Waals surface area (Å²) in [7, 11) is 1.63. The van der Waals surface area contributed by atoms with Crippen LogP contribution in [0, 0.1) is 0 Å². The lowest BCUT2D eigenvalue weighted by atomic mass is 9.85. The number of rotatable bonds is 1. The Balaban J connectivity index is 2.52. The lowest BCUT2D eigenvalue weighted by Gasteiger charge is -2.33. The molecular formula is C12H15NO2. The smallest absolute Gasteiger partial charge is 0.225 e. The van der Waals surface area contributed by atoms with Crippen LogP contribution >= 0.6 is 0 Å². The first-order valence-electron chi connectivity index (χ1n) is 5.01. The Morgan fingerprint density at radius 3 is 2.80 bits per heavy atom. The highest BCUT2D eigenvalue weighted by atomic mass is 16.5. The molecule has 1 aromatic carbocycles. The van der Waals surface area contributed by atoms with Crippen LogP contribution in [0.25, 0.3) is 0 Å². The van der Waals surface area contributed by atoms with E-state index in [4.69, 9.17) is 4.74 Å². The average Bonchev–Trinajstić information content (AvgIpc) is 2.15. The number of hydrogen-bond donors (Lipinski definition) is 1. The zero-order valence-electron chi connectivity index (χ0n) is 9.26. The summed E-state index contributed by atoms with van der Waals surface area (Å²) in [6.45, 7) is 4.02. The molecule has 15 heavy (non-hydrogen) atoms. The highest BCUT2D eigenvalue weighted by Gasteiger charge is 2.30. The average molecular weight is 205 g/mol. The molecule has 1 aliphatic heterocycles. The van der Waals surface area contributed by atoms with Crippen molar-refractivity contribution in [2.45, 2.75) is 25.8 Å². The van der Waals surface area contributed by atoms with Crippen LogP contribution in [0.15, 0.2) is 18.2 Å². The Morgan fingerprint density at radius 1 is 1.40 bits per heavy atom. The fraction of sp³-hybridized carbons (Fsp3) is 0.417. The molecular weight excluding hydrogens is 190 g/mol. The van der Waals surface area contributed by atoms with Gasteiger partial charge in [-0.05, 0) is 37.1 Å². The molecule has 80 valence electrons. The summed E-state index contributed by atoms with van der Waals surface area (Å²) >= 11 is 0. The number of fused-ring (bicyclic) bond motifs is 1. The summed E-state index contributed by atoms with van der Waals surface area (Å²) in [5, 5.41) is 2.97. The molecule has 1 heterocycles.